The molecule has 2 aromatic rings. The topological polar surface area (TPSA) is 55.4 Å². The maximum absolute atomic E-state index is 13.1. The number of hydrogen-bond donors (Lipinski definition) is 1. The summed E-state index contributed by atoms with van der Waals surface area (Å²) in [5, 5.41) is 2.70. The van der Waals surface area contributed by atoms with Crippen molar-refractivity contribution in [1.29, 1.82) is 0 Å². The van der Waals surface area contributed by atoms with Crippen LogP contribution in [0.3, 0.4) is 0 Å². The Morgan fingerprint density at radius 1 is 1.20 bits per heavy atom. The Hall–Kier alpha value is -2.73. The fourth-order valence-electron chi connectivity index (χ4n) is 2.51. The van der Waals surface area contributed by atoms with Gasteiger partial charge in [-0.1, -0.05) is 40.7 Å². The van der Waals surface area contributed by atoms with Crippen LogP contribution in [-0.2, 0) is 9.53 Å². The van der Waals surface area contributed by atoms with Gasteiger partial charge >= 0.3 is 5.97 Å². The molecular weight excluding hydrogens is 389 g/mol. The van der Waals surface area contributed by atoms with Crippen LogP contribution in [0.25, 0.3) is 5.57 Å². The van der Waals surface area contributed by atoms with E-state index in [0.717, 1.165) is 4.47 Å². The molecule has 4 nitrogen and oxygen atoms in total. The molecule has 0 aliphatic carbocycles. The van der Waals surface area contributed by atoms with Crippen LogP contribution < -0.4 is 5.32 Å². The molecule has 0 saturated carbocycles. The van der Waals surface area contributed by atoms with Crippen molar-refractivity contribution in [2.45, 2.75) is 0 Å². The number of allylic oxidation sites excluding steroid dienone is 1. The van der Waals surface area contributed by atoms with Crippen LogP contribution in [0.2, 0.25) is 0 Å². The van der Waals surface area contributed by atoms with Gasteiger partial charge in [-0.2, -0.15) is 0 Å². The molecule has 0 radical (unpaired) electrons. The normalized spacial score (nSPS) is 13.8. The van der Waals surface area contributed by atoms with Crippen LogP contribution >= 0.6 is 15.9 Å². The number of ether oxygens (including phenoxy) is 1. The third-order valence-corrected chi connectivity index (χ3v) is 4.18. The van der Waals surface area contributed by atoms with Crippen molar-refractivity contribution in [3.8, 4) is 0 Å². The lowest BCUT2D eigenvalue weighted by atomic mass is 10.00. The van der Waals surface area contributed by atoms with E-state index in [2.05, 4.69) is 27.8 Å². The number of nitrogens with one attached hydrogen (secondary N) is 1. The molecule has 1 aliphatic rings. The molecule has 0 saturated heterocycles. The van der Waals surface area contributed by atoms with E-state index in [9.17, 15) is 14.0 Å². The Morgan fingerprint density at radius 2 is 1.92 bits per heavy atom. The summed E-state index contributed by atoms with van der Waals surface area (Å²) >= 11 is 3.31. The van der Waals surface area contributed by atoms with Gasteiger partial charge in [-0.15, -0.1) is 0 Å². The van der Waals surface area contributed by atoms with Gasteiger partial charge in [0, 0.05) is 15.6 Å². The lowest BCUT2D eigenvalue weighted by Gasteiger charge is -2.07. The monoisotopic (exact) mass is 401 g/mol. The number of rotatable bonds is 4. The molecule has 0 aromatic heterocycles. The summed E-state index contributed by atoms with van der Waals surface area (Å²) in [7, 11) is 0. The predicted molar refractivity (Wildman–Crippen MR) is 95.0 cm³/mol. The average Bonchev–Trinajstić information content (AvgIpc) is 2.87. The Balaban J connectivity index is 1.85. The van der Waals surface area contributed by atoms with Crippen LogP contribution in [0.5, 0.6) is 0 Å². The van der Waals surface area contributed by atoms with E-state index in [1.807, 2.05) is 6.07 Å². The summed E-state index contributed by atoms with van der Waals surface area (Å²) in [5.74, 6) is -1.09. The molecule has 0 bridgehead atoms. The van der Waals surface area contributed by atoms with Crippen molar-refractivity contribution < 1.29 is 18.7 Å². The number of carbonyl (C=O) groups is 2. The number of amides is 1. The predicted octanol–water partition coefficient (Wildman–Crippen LogP) is 3.84. The number of hydrogen-bond acceptors (Lipinski definition) is 3. The van der Waals surface area contributed by atoms with E-state index in [1.54, 1.807) is 18.2 Å². The van der Waals surface area contributed by atoms with Crippen molar-refractivity contribution in [3.05, 3.63) is 87.9 Å². The van der Waals surface area contributed by atoms with Gasteiger partial charge in [0.25, 0.3) is 5.91 Å². The fourth-order valence-corrected chi connectivity index (χ4v) is 2.91. The molecule has 1 N–H and O–H groups in total. The van der Waals surface area contributed by atoms with Crippen LogP contribution in [0.1, 0.15) is 15.9 Å². The fraction of sp³-hybridized carbons (Fsp3) is 0.0526. The summed E-state index contributed by atoms with van der Waals surface area (Å²) in [6, 6.07) is 12.5. The summed E-state index contributed by atoms with van der Waals surface area (Å²) in [4.78, 5) is 24.3. The van der Waals surface area contributed by atoms with Crippen LogP contribution in [-0.4, -0.2) is 18.4 Å². The highest BCUT2D eigenvalue weighted by molar-refractivity contribution is 9.10. The SMILES string of the molecule is C=C1OC(=O)C(CNC(=O)c2cccc(Br)c2)=C1c1ccc(F)cc1. The van der Waals surface area contributed by atoms with Crippen molar-refractivity contribution >= 4 is 33.4 Å². The zero-order valence-electron chi connectivity index (χ0n) is 13.0. The van der Waals surface area contributed by atoms with Gasteiger partial charge in [-0.3, -0.25) is 4.79 Å². The maximum Gasteiger partial charge on any atom is 0.341 e. The van der Waals surface area contributed by atoms with Crippen LogP contribution in [0.15, 0.2) is 70.9 Å². The van der Waals surface area contributed by atoms with E-state index in [1.165, 1.54) is 24.3 Å². The largest absolute Gasteiger partial charge is 0.423 e. The Bertz CT molecular complexity index is 903. The van der Waals surface area contributed by atoms with Crippen LogP contribution in [0, 0.1) is 5.82 Å². The summed E-state index contributed by atoms with van der Waals surface area (Å²) in [5.41, 5.74) is 1.81. The third-order valence-electron chi connectivity index (χ3n) is 3.69. The first-order valence-electron chi connectivity index (χ1n) is 7.40. The molecule has 0 unspecified atom stereocenters. The third kappa shape index (κ3) is 3.69. The Kier molecular flexibility index (Phi) is 4.81. The first-order chi connectivity index (χ1) is 12.0. The Labute approximate surface area is 152 Å². The van der Waals surface area contributed by atoms with Gasteiger partial charge < -0.3 is 10.1 Å². The molecule has 0 fully saturated rings. The molecule has 25 heavy (non-hydrogen) atoms. The zero-order chi connectivity index (χ0) is 18.0. The molecule has 126 valence electrons. The second kappa shape index (κ2) is 7.03. The number of cyclic esters (lactones) is 1. The van der Waals surface area contributed by atoms with Crippen LogP contribution in [0.4, 0.5) is 4.39 Å². The molecule has 0 spiro atoms. The maximum atomic E-state index is 13.1. The number of esters is 1. The first kappa shape index (κ1) is 17.1. The number of benzene rings is 2. The second-order valence-corrected chi connectivity index (χ2v) is 6.28. The molecule has 0 atom stereocenters. The van der Waals surface area contributed by atoms with Gasteiger partial charge in [0.15, 0.2) is 0 Å². The van der Waals surface area contributed by atoms with Gasteiger partial charge in [0.05, 0.1) is 12.1 Å². The summed E-state index contributed by atoms with van der Waals surface area (Å²) in [6.07, 6.45) is 0. The lowest BCUT2D eigenvalue weighted by molar-refractivity contribution is -0.133. The van der Waals surface area contributed by atoms with E-state index in [4.69, 9.17) is 4.74 Å². The first-order valence-corrected chi connectivity index (χ1v) is 8.19. The Morgan fingerprint density at radius 3 is 2.60 bits per heavy atom. The number of halogens is 2. The second-order valence-electron chi connectivity index (χ2n) is 5.37. The molecule has 1 amide bonds. The molecule has 1 aliphatic heterocycles. The van der Waals surface area contributed by atoms with Crippen molar-refractivity contribution in [3.63, 3.8) is 0 Å². The molecule has 6 heteroatoms. The van der Waals surface area contributed by atoms with E-state index >= 15 is 0 Å². The number of carbonyl (C=O) groups excluding carboxylic acids is 2. The average molecular weight is 402 g/mol. The highest BCUT2D eigenvalue weighted by atomic mass is 79.9. The van der Waals surface area contributed by atoms with Gasteiger partial charge in [0.1, 0.15) is 11.6 Å². The molecule has 2 aromatic carbocycles. The quantitative estimate of drug-likeness (QED) is 0.791. The smallest absolute Gasteiger partial charge is 0.341 e. The minimum absolute atomic E-state index is 0.0179. The van der Waals surface area contributed by atoms with Crippen molar-refractivity contribution in [2.75, 3.05) is 6.54 Å². The van der Waals surface area contributed by atoms with Gasteiger partial charge in [-0.25, -0.2) is 9.18 Å². The van der Waals surface area contributed by atoms with E-state index in [-0.39, 0.29) is 29.6 Å². The van der Waals surface area contributed by atoms with E-state index < -0.39 is 5.97 Å². The molecular formula is C19H13BrFNO3. The molecule has 3 rings (SSSR count). The highest BCUT2D eigenvalue weighted by Gasteiger charge is 2.29. The lowest BCUT2D eigenvalue weighted by Crippen LogP contribution is -2.27. The van der Waals surface area contributed by atoms with Crippen molar-refractivity contribution in [2.24, 2.45) is 0 Å². The highest BCUT2D eigenvalue weighted by Crippen LogP contribution is 2.33. The summed E-state index contributed by atoms with van der Waals surface area (Å²) in [6.45, 7) is 3.70. The minimum Gasteiger partial charge on any atom is -0.423 e. The van der Waals surface area contributed by atoms with Gasteiger partial charge in [-0.05, 0) is 35.9 Å². The molecule has 1 heterocycles. The van der Waals surface area contributed by atoms with E-state index in [0.29, 0.717) is 16.7 Å². The summed E-state index contributed by atoms with van der Waals surface area (Å²) < 4.78 is 19.0. The van der Waals surface area contributed by atoms with Gasteiger partial charge in [0.2, 0.25) is 0 Å². The minimum atomic E-state index is -0.570. The standard InChI is InChI=1S/C19H13BrFNO3/c1-11-17(12-5-7-15(21)8-6-12)16(19(24)25-11)10-22-18(23)13-3-2-4-14(20)9-13/h2-9H,1,10H2,(H,22,23). The van der Waals surface area contributed by atoms with Crippen molar-refractivity contribution in [1.82, 2.24) is 5.32 Å². The zero-order valence-corrected chi connectivity index (χ0v) is 14.6.